The summed E-state index contributed by atoms with van der Waals surface area (Å²) in [6.45, 7) is 29.4. The molecule has 17 aliphatic carbocycles. The fraction of sp³-hybridized carbons (Fsp3) is 0.788. The number of aliphatic hydroxyl groups is 6. The standard InChI is InChI=1S/C31H46N2O5.C30H46N2O4.C28H44N2O3.C24H33NO3/c1-17-25(32)26(35)27(36)28(38-17)33-20-10-13-29(2)19(16-20)6-9-24-23(29)11-14-30(3)22(12-15-31(24,30)37)18-4-7-21(34)8-5-18;1-28-10-7-23(31-13-14-32-15-17-35-18-16-32)19-22(28)4-5-26-25(28)8-11-29(2)24(9-12-30(26,29)34)21-3-6-27(33)36-20-21;1-26-12-9-21(29-15-16-30(3)4)17-20(26)6-7-24-23(26)10-13-27(2)22(11-14-28(24,27)32)19-5-8-25(31)33-18-19;1-22-10-7-17(25)13-16(22)4-5-20-19(22)8-11-23(2)18(9-12-24(20,23)27)15-3-6-21(26)28-14-15/h4-5,7,16-17,20,22-28,33,35-37H,6,8-15,32H2,1-3H3;3,6,20,22-26,31,34H,4-5,7-19H2,1-2H3;5,8,18,20-24,29,32H,6-7,9-17H2,1-4H3;3,6,13-14,17-20,27H,4-5,7-12,25H2,1-2H3/t17-,20?,22+,23-,24+,25-,26+,27+,28+,29-,30+,31-;22?,23?,24-,25+,26-,28+,29-,30+;20?,21?,22-,23+,24-,26+,27-,28+;17?,18-,19+,20-,22+,23-,24+/m0111/s1. The van der Waals surface area contributed by atoms with Crippen molar-refractivity contribution in [3.63, 3.8) is 0 Å². The highest BCUT2D eigenvalue weighted by Gasteiger charge is 2.73. The Kier molecular flexibility index (Phi) is 27.4. The van der Waals surface area contributed by atoms with Crippen LogP contribution in [0.1, 0.15) is 321 Å². The molecule has 19 aliphatic rings. The van der Waals surface area contributed by atoms with Crippen LogP contribution in [-0.4, -0.2) is 190 Å². The first-order valence-electron chi connectivity index (χ1n) is 54.0. The average Bonchev–Trinajstić information content (AvgIpc) is 1.28. The first-order chi connectivity index (χ1) is 64.3. The van der Waals surface area contributed by atoms with Crippen LogP contribution in [-0.2, 0) is 14.3 Å². The Labute approximate surface area is 803 Å². The molecule has 0 bridgehead atoms. The third-order valence-electron chi connectivity index (χ3n) is 44.4. The predicted octanol–water partition coefficient (Wildman–Crippen LogP) is 15.6. The lowest BCUT2D eigenvalue weighted by Gasteiger charge is -2.64. The Hall–Kier alpha value is -5.12. The SMILES string of the molecule is CN(C)CCNC1CC[C@@]2(C)C(CC[C@@H]3[C@@H]2CC[C@]2(C)[C@@H](c4ccc(=O)oc4)CC[C@]32O)C1.C[C@@H]1O[C@@H](NC2C=C3CC[C@@H]4[C@H](CC[C@]5(C)[C@@H](C6=CCC(=O)C=C6)CC[C@]45O)[C@@]3(C)CC2)[C@H](O)[C@H](O)[C@H]1N.C[C@]12CCC(N)C=C1CC[C@@H]1[C@@H]2CC[C@]2(C)[C@@H](c3ccc(=O)oc3)CC[C@]12O.C[C@]12CCC(NCCN3CCOCC3)CC1CC[C@@H]1[C@@H]2CC[C@]2(C)[C@@H](c3ccc(=O)oc3)CC[C@]12O. The van der Waals surface area contributed by atoms with Gasteiger partial charge in [0, 0.05) is 110 Å². The Bertz CT molecular complexity index is 5020. The molecule has 0 spiro atoms. The summed E-state index contributed by atoms with van der Waals surface area (Å²) in [5.41, 5.74) is 16.7. The van der Waals surface area contributed by atoms with Crippen LogP contribution in [0.2, 0.25) is 0 Å². The van der Waals surface area contributed by atoms with Gasteiger partial charge in [0.05, 0.1) is 66.6 Å². The normalized spacial score (nSPS) is 47.6. The highest BCUT2D eigenvalue weighted by molar-refractivity contribution is 5.92. The molecule has 16 fully saturated rings. The number of nitrogens with zero attached hydrogens (tertiary/aromatic N) is 2. The fourth-order valence-electron chi connectivity index (χ4n) is 36.2. The summed E-state index contributed by atoms with van der Waals surface area (Å²) in [7, 11) is 4.29. The van der Waals surface area contributed by atoms with Crippen LogP contribution in [0.5, 0.6) is 0 Å². The third kappa shape index (κ3) is 16.9. The minimum Gasteiger partial charge on any atom is -0.431 e. The lowest BCUT2D eigenvalue weighted by Crippen LogP contribution is -2.65. The average molecular weight is 1870 g/mol. The van der Waals surface area contributed by atoms with Gasteiger partial charge >= 0.3 is 16.9 Å². The van der Waals surface area contributed by atoms with Crippen LogP contribution in [0.4, 0.5) is 0 Å². The van der Waals surface area contributed by atoms with Crippen LogP contribution in [0.25, 0.3) is 0 Å². The molecule has 746 valence electrons. The van der Waals surface area contributed by atoms with Gasteiger partial charge in [-0.05, 0) is 390 Å². The van der Waals surface area contributed by atoms with Gasteiger partial charge in [-0.3, -0.25) is 15.0 Å². The number of hydrogen-bond acceptors (Lipinski definition) is 22. The molecule has 2 saturated heterocycles. The zero-order valence-corrected chi connectivity index (χ0v) is 83.7. The van der Waals surface area contributed by atoms with Crippen molar-refractivity contribution in [2.24, 2.45) is 120 Å². The summed E-state index contributed by atoms with van der Waals surface area (Å²) in [4.78, 5) is 51.0. The Balaban J connectivity index is 0.000000116. The van der Waals surface area contributed by atoms with Gasteiger partial charge in [-0.1, -0.05) is 90.8 Å². The predicted molar refractivity (Wildman–Crippen MR) is 525 cm³/mol. The van der Waals surface area contributed by atoms with Crippen LogP contribution in [0.15, 0.2) is 130 Å². The molecule has 13 N–H and O–H groups in total. The fourth-order valence-corrected chi connectivity index (χ4v) is 36.2. The minimum atomic E-state index is -1.06. The number of nitrogens with two attached hydrogens (primary N) is 2. The smallest absolute Gasteiger partial charge is 0.335 e. The van der Waals surface area contributed by atoms with Crippen molar-refractivity contribution in [1.82, 2.24) is 25.8 Å². The number of nitrogens with one attached hydrogen (secondary N) is 3. The van der Waals surface area contributed by atoms with Gasteiger partial charge in [0.25, 0.3) is 0 Å². The van der Waals surface area contributed by atoms with Gasteiger partial charge in [-0.2, -0.15) is 0 Å². The molecule has 22 heteroatoms. The molecule has 22 rings (SSSR count). The van der Waals surface area contributed by atoms with Crippen molar-refractivity contribution in [3.8, 4) is 0 Å². The Morgan fingerprint density at radius 1 is 0.459 bits per heavy atom. The van der Waals surface area contributed by atoms with Gasteiger partial charge in [0.2, 0.25) is 0 Å². The quantitative estimate of drug-likeness (QED) is 0.0668. The maximum Gasteiger partial charge on any atom is 0.335 e. The van der Waals surface area contributed by atoms with E-state index in [4.69, 9.17) is 34.2 Å². The van der Waals surface area contributed by atoms with Gasteiger partial charge in [0.1, 0.15) is 18.4 Å². The second-order valence-corrected chi connectivity index (χ2v) is 49.9. The molecule has 14 saturated carbocycles. The van der Waals surface area contributed by atoms with E-state index in [-0.39, 0.29) is 97.0 Å². The molecule has 0 aromatic carbocycles. The van der Waals surface area contributed by atoms with Gasteiger partial charge in [-0.25, -0.2) is 14.4 Å². The zero-order valence-electron chi connectivity index (χ0n) is 83.7. The Morgan fingerprint density at radius 3 is 1.35 bits per heavy atom. The number of rotatable bonds is 14. The number of allylic oxidation sites excluding steroid dienone is 6. The topological polar surface area (TPSA) is 342 Å². The van der Waals surface area contributed by atoms with E-state index in [0.717, 1.165) is 229 Å². The lowest BCUT2D eigenvalue weighted by molar-refractivity contribution is -0.202. The number of ketones is 1. The Morgan fingerprint density at radius 2 is 0.896 bits per heavy atom. The monoisotopic (exact) mass is 1860 g/mol. The van der Waals surface area contributed by atoms with Crippen LogP contribution < -0.4 is 44.3 Å². The minimum absolute atomic E-state index is 0.0634. The van der Waals surface area contributed by atoms with Crippen LogP contribution in [0, 0.1) is 108 Å². The number of morpholine rings is 1. The van der Waals surface area contributed by atoms with E-state index in [1.807, 2.05) is 31.2 Å². The van der Waals surface area contributed by atoms with E-state index in [1.54, 1.807) is 42.6 Å². The molecule has 135 heavy (non-hydrogen) atoms. The molecule has 3 aromatic rings. The number of carbonyl (C=O) groups is 1. The molecule has 0 amide bonds. The second kappa shape index (κ2) is 37.6. The van der Waals surface area contributed by atoms with Crippen molar-refractivity contribution in [1.29, 1.82) is 0 Å². The third-order valence-corrected chi connectivity index (χ3v) is 44.4. The number of ether oxygens (including phenoxy) is 2. The molecule has 0 radical (unpaired) electrons. The number of hydrogen-bond donors (Lipinski definition) is 11. The molecule has 5 heterocycles. The van der Waals surface area contributed by atoms with Crippen molar-refractivity contribution in [2.75, 3.05) is 66.6 Å². The van der Waals surface area contributed by atoms with Crippen LogP contribution in [0.3, 0.4) is 0 Å². The van der Waals surface area contributed by atoms with E-state index in [2.05, 4.69) is 113 Å². The van der Waals surface area contributed by atoms with E-state index in [0.29, 0.717) is 76.7 Å². The summed E-state index contributed by atoms with van der Waals surface area (Å²) in [6.07, 6.45) is 50.0. The summed E-state index contributed by atoms with van der Waals surface area (Å²) in [5.74, 6) is 6.50. The maximum absolute atomic E-state index is 12.5. The summed E-state index contributed by atoms with van der Waals surface area (Å²) >= 11 is 0. The first-order valence-corrected chi connectivity index (χ1v) is 54.0. The van der Waals surface area contributed by atoms with Gasteiger partial charge in [0.15, 0.2) is 5.78 Å². The summed E-state index contributed by atoms with van der Waals surface area (Å²) in [5, 5.41) is 81.6. The zero-order chi connectivity index (χ0) is 95.2. The first kappa shape index (κ1) is 98.6. The lowest BCUT2D eigenvalue weighted by atomic mass is 9.43. The number of fused-ring (bicyclic) bond motifs is 20. The van der Waals surface area contributed by atoms with Crippen molar-refractivity contribution < 1.29 is 58.2 Å². The van der Waals surface area contributed by atoms with Crippen molar-refractivity contribution >= 4 is 5.78 Å². The van der Waals surface area contributed by atoms with E-state index >= 15 is 0 Å². The molecular weight excluding hydrogens is 1700 g/mol. The van der Waals surface area contributed by atoms with E-state index in [1.165, 1.54) is 87.8 Å². The largest absolute Gasteiger partial charge is 0.431 e. The highest BCUT2D eigenvalue weighted by Crippen LogP contribution is 2.76. The van der Waals surface area contributed by atoms with E-state index in [9.17, 15) is 49.8 Å². The van der Waals surface area contributed by atoms with Crippen LogP contribution >= 0.6 is 0 Å². The van der Waals surface area contributed by atoms with Crippen molar-refractivity contribution in [2.45, 2.75) is 382 Å². The molecular formula is C113H169N7O15. The second-order valence-electron chi connectivity index (χ2n) is 49.9. The molecule has 6 unspecified atom stereocenters. The number of aliphatic hydroxyl groups excluding tert-OH is 2. The number of carbonyl (C=O) groups excluding carboxylic acids is 1. The van der Waals surface area contributed by atoms with E-state index < -0.39 is 46.9 Å². The number of likely N-dealkylation sites (N-methyl/N-ethyl adjacent to an activating group) is 1. The van der Waals surface area contributed by atoms with Crippen molar-refractivity contribution in [3.05, 3.63) is 150 Å². The van der Waals surface area contributed by atoms with Gasteiger partial charge < -0.3 is 80.4 Å². The summed E-state index contributed by atoms with van der Waals surface area (Å²) < 4.78 is 27.1. The molecule has 35 atom stereocenters. The highest BCUT2D eigenvalue weighted by atomic mass is 16.5. The molecule has 3 aromatic heterocycles. The van der Waals surface area contributed by atoms with Gasteiger partial charge in [-0.15, -0.1) is 0 Å². The maximum atomic E-state index is 12.5. The summed E-state index contributed by atoms with van der Waals surface area (Å²) in [6, 6.07) is 11.4. The molecule has 22 nitrogen and oxygen atoms in total. The molecule has 2 aliphatic heterocycles.